The van der Waals surface area contributed by atoms with Crippen LogP contribution in [0.2, 0.25) is 5.02 Å². The molecule has 0 saturated carbocycles. The highest BCUT2D eigenvalue weighted by Crippen LogP contribution is 2.35. The average molecular weight is 385 g/mol. The van der Waals surface area contributed by atoms with Crippen LogP contribution in [0.1, 0.15) is 42.9 Å². The third-order valence-electron chi connectivity index (χ3n) is 5.10. The molecule has 142 valence electrons. The third kappa shape index (κ3) is 4.01. The van der Waals surface area contributed by atoms with Crippen LogP contribution in [0.3, 0.4) is 0 Å². The van der Waals surface area contributed by atoms with Gasteiger partial charge in [0.2, 0.25) is 11.8 Å². The Hall–Kier alpha value is -2.33. The summed E-state index contributed by atoms with van der Waals surface area (Å²) in [7, 11) is 0. The van der Waals surface area contributed by atoms with Crippen molar-refractivity contribution in [3.05, 3.63) is 58.1 Å². The summed E-state index contributed by atoms with van der Waals surface area (Å²) in [6.07, 6.45) is 0.227. The van der Waals surface area contributed by atoms with Crippen LogP contribution in [0.25, 0.3) is 0 Å². The molecule has 0 spiro atoms. The van der Waals surface area contributed by atoms with Crippen LogP contribution in [0.15, 0.2) is 36.4 Å². The predicted molar refractivity (Wildman–Crippen MR) is 111 cm³/mol. The Labute approximate surface area is 165 Å². The summed E-state index contributed by atoms with van der Waals surface area (Å²) < 4.78 is 0. The first-order valence-corrected chi connectivity index (χ1v) is 9.62. The molecule has 1 fully saturated rings. The van der Waals surface area contributed by atoms with E-state index in [0.29, 0.717) is 17.5 Å². The maximum absolute atomic E-state index is 12.8. The summed E-state index contributed by atoms with van der Waals surface area (Å²) in [5.74, 6) is -0.195. The van der Waals surface area contributed by atoms with E-state index >= 15 is 0 Å². The molecule has 3 rings (SSSR count). The molecule has 5 heteroatoms. The number of halogens is 1. The van der Waals surface area contributed by atoms with Gasteiger partial charge in [0, 0.05) is 29.4 Å². The first-order valence-electron chi connectivity index (χ1n) is 9.24. The molecule has 2 aromatic carbocycles. The van der Waals surface area contributed by atoms with Gasteiger partial charge in [-0.2, -0.15) is 0 Å². The van der Waals surface area contributed by atoms with Gasteiger partial charge in [-0.25, -0.2) is 0 Å². The van der Waals surface area contributed by atoms with Crippen molar-refractivity contribution >= 4 is 34.8 Å². The second-order valence-corrected chi connectivity index (χ2v) is 7.96. The number of benzene rings is 2. The maximum Gasteiger partial charge on any atom is 0.229 e. The Morgan fingerprint density at radius 1 is 1.19 bits per heavy atom. The van der Waals surface area contributed by atoms with Crippen molar-refractivity contribution in [2.75, 3.05) is 16.8 Å². The van der Waals surface area contributed by atoms with Crippen molar-refractivity contribution in [3.8, 4) is 0 Å². The lowest BCUT2D eigenvalue weighted by atomic mass is 9.97. The van der Waals surface area contributed by atoms with Crippen LogP contribution in [0.5, 0.6) is 0 Å². The Kier molecular flexibility index (Phi) is 5.56. The highest BCUT2D eigenvalue weighted by Gasteiger charge is 2.36. The van der Waals surface area contributed by atoms with Gasteiger partial charge in [-0.05, 0) is 54.7 Å². The van der Waals surface area contributed by atoms with Gasteiger partial charge in [-0.15, -0.1) is 0 Å². The molecule has 1 N–H and O–H groups in total. The molecule has 0 aromatic heterocycles. The zero-order valence-electron chi connectivity index (χ0n) is 16.2. The second kappa shape index (κ2) is 7.73. The van der Waals surface area contributed by atoms with E-state index in [0.717, 1.165) is 28.1 Å². The molecule has 0 aliphatic carbocycles. The molecule has 1 atom stereocenters. The van der Waals surface area contributed by atoms with Gasteiger partial charge < -0.3 is 10.2 Å². The van der Waals surface area contributed by atoms with Gasteiger partial charge >= 0.3 is 0 Å². The van der Waals surface area contributed by atoms with Crippen molar-refractivity contribution in [1.82, 2.24) is 0 Å². The zero-order valence-corrected chi connectivity index (χ0v) is 16.9. The standard InChI is InChI=1S/C22H25ClN2O2/c1-13(2)18-7-5-6-14(3)21(18)25-12-16(11-20(25)26)22(27)24-19-9-8-17(23)10-15(19)4/h5-10,13,16H,11-12H2,1-4H3,(H,24,27). The second-order valence-electron chi connectivity index (χ2n) is 7.52. The normalized spacial score (nSPS) is 16.9. The fraction of sp³-hybridized carbons (Fsp3) is 0.364. The molecule has 27 heavy (non-hydrogen) atoms. The summed E-state index contributed by atoms with van der Waals surface area (Å²) in [6.45, 7) is 8.55. The molecule has 1 unspecified atom stereocenters. The minimum absolute atomic E-state index is 0.000761. The van der Waals surface area contributed by atoms with Crippen LogP contribution < -0.4 is 10.2 Å². The Balaban J connectivity index is 1.81. The Bertz CT molecular complexity index is 892. The van der Waals surface area contributed by atoms with E-state index in [-0.39, 0.29) is 24.2 Å². The van der Waals surface area contributed by atoms with E-state index in [4.69, 9.17) is 11.6 Å². The molecular weight excluding hydrogens is 360 g/mol. The SMILES string of the molecule is Cc1cc(Cl)ccc1NC(=O)C1CC(=O)N(c2c(C)cccc2C(C)C)C1. The van der Waals surface area contributed by atoms with Crippen LogP contribution in [-0.4, -0.2) is 18.4 Å². The van der Waals surface area contributed by atoms with Crippen molar-refractivity contribution in [3.63, 3.8) is 0 Å². The van der Waals surface area contributed by atoms with E-state index in [2.05, 4.69) is 25.2 Å². The van der Waals surface area contributed by atoms with Crippen LogP contribution in [0.4, 0.5) is 11.4 Å². The molecule has 1 heterocycles. The highest BCUT2D eigenvalue weighted by atomic mass is 35.5. The lowest BCUT2D eigenvalue weighted by molar-refractivity contribution is -0.122. The van der Waals surface area contributed by atoms with Gasteiger partial charge in [-0.1, -0.05) is 43.6 Å². The fourth-order valence-electron chi connectivity index (χ4n) is 3.62. The van der Waals surface area contributed by atoms with Gasteiger partial charge in [0.05, 0.1) is 5.92 Å². The topological polar surface area (TPSA) is 49.4 Å². The first kappa shape index (κ1) is 19.4. The number of para-hydroxylation sites is 1. The van der Waals surface area contributed by atoms with Gasteiger partial charge in [0.15, 0.2) is 0 Å². The third-order valence-corrected chi connectivity index (χ3v) is 5.34. The molecule has 0 radical (unpaired) electrons. The largest absolute Gasteiger partial charge is 0.326 e. The number of carbonyl (C=O) groups excluding carboxylic acids is 2. The van der Waals surface area contributed by atoms with Crippen LogP contribution in [0, 0.1) is 19.8 Å². The van der Waals surface area contributed by atoms with Crippen LogP contribution >= 0.6 is 11.6 Å². The van der Waals surface area contributed by atoms with Gasteiger partial charge in [-0.3, -0.25) is 9.59 Å². The van der Waals surface area contributed by atoms with E-state index in [1.54, 1.807) is 17.0 Å². The monoisotopic (exact) mass is 384 g/mol. The average Bonchev–Trinajstić information content (AvgIpc) is 2.98. The van der Waals surface area contributed by atoms with Gasteiger partial charge in [0.25, 0.3) is 0 Å². The number of nitrogens with zero attached hydrogens (tertiary/aromatic N) is 1. The Morgan fingerprint density at radius 2 is 1.93 bits per heavy atom. The summed E-state index contributed by atoms with van der Waals surface area (Å²) in [5, 5.41) is 3.58. The minimum Gasteiger partial charge on any atom is -0.326 e. The highest BCUT2D eigenvalue weighted by molar-refractivity contribution is 6.30. The molecule has 1 saturated heterocycles. The quantitative estimate of drug-likeness (QED) is 0.799. The van der Waals surface area contributed by atoms with Crippen molar-refractivity contribution in [2.45, 2.75) is 40.0 Å². The van der Waals surface area contributed by atoms with E-state index in [1.807, 2.05) is 32.0 Å². The predicted octanol–water partition coefficient (Wildman–Crippen LogP) is 5.07. The van der Waals surface area contributed by atoms with E-state index in [1.165, 1.54) is 0 Å². The Morgan fingerprint density at radius 3 is 2.59 bits per heavy atom. The van der Waals surface area contributed by atoms with Crippen molar-refractivity contribution < 1.29 is 9.59 Å². The summed E-state index contributed by atoms with van der Waals surface area (Å²) in [4.78, 5) is 27.2. The molecule has 2 aromatic rings. The zero-order chi connectivity index (χ0) is 19.7. The molecule has 2 amide bonds. The van der Waals surface area contributed by atoms with Crippen LogP contribution in [-0.2, 0) is 9.59 Å². The number of hydrogen-bond donors (Lipinski definition) is 1. The molecule has 1 aliphatic heterocycles. The molecule has 0 bridgehead atoms. The molecule has 4 nitrogen and oxygen atoms in total. The fourth-order valence-corrected chi connectivity index (χ4v) is 3.84. The number of anilines is 2. The van der Waals surface area contributed by atoms with Crippen molar-refractivity contribution in [2.24, 2.45) is 5.92 Å². The number of amides is 2. The smallest absolute Gasteiger partial charge is 0.229 e. The van der Waals surface area contributed by atoms with E-state index < -0.39 is 0 Å². The number of nitrogens with one attached hydrogen (secondary N) is 1. The summed E-state index contributed by atoms with van der Waals surface area (Å²) in [6, 6.07) is 11.4. The minimum atomic E-state index is -0.368. The lowest BCUT2D eigenvalue weighted by Crippen LogP contribution is -2.29. The number of rotatable bonds is 4. The summed E-state index contributed by atoms with van der Waals surface area (Å²) in [5.41, 5.74) is 4.78. The van der Waals surface area contributed by atoms with Gasteiger partial charge in [0.1, 0.15) is 0 Å². The number of carbonyl (C=O) groups is 2. The lowest BCUT2D eigenvalue weighted by Gasteiger charge is -2.24. The molecular formula is C22H25ClN2O2. The van der Waals surface area contributed by atoms with E-state index in [9.17, 15) is 9.59 Å². The number of aryl methyl sites for hydroxylation is 2. The first-order chi connectivity index (χ1) is 12.8. The number of hydrogen-bond acceptors (Lipinski definition) is 2. The maximum atomic E-state index is 12.8. The molecule has 1 aliphatic rings. The van der Waals surface area contributed by atoms with Crippen molar-refractivity contribution in [1.29, 1.82) is 0 Å². The summed E-state index contributed by atoms with van der Waals surface area (Å²) >= 11 is 5.98.